The Morgan fingerprint density at radius 1 is 1.33 bits per heavy atom. The monoisotopic (exact) mass is 401 g/mol. The molecule has 4 nitrogen and oxygen atoms in total. The standard InChI is InChI=1S/C16H20INO3/c1-3-10-6-12(13(7-10)16(20)21)15(19)18-11-5-4-9(2)14(17)8-11/h4-5,8,10,12-13H,3,6-7H2,1-2H3,(H,18,19)(H,20,21)/t10?,12-,13+/m0/s1. The van der Waals surface area contributed by atoms with Crippen molar-refractivity contribution in [3.8, 4) is 0 Å². The molecule has 1 aliphatic carbocycles. The second-order valence-electron chi connectivity index (χ2n) is 5.75. The zero-order chi connectivity index (χ0) is 15.6. The van der Waals surface area contributed by atoms with E-state index in [9.17, 15) is 14.7 Å². The molecule has 1 saturated carbocycles. The highest BCUT2D eigenvalue weighted by molar-refractivity contribution is 14.1. The topological polar surface area (TPSA) is 66.4 Å². The van der Waals surface area contributed by atoms with Crippen LogP contribution < -0.4 is 5.32 Å². The maximum Gasteiger partial charge on any atom is 0.307 e. The molecule has 1 aromatic rings. The van der Waals surface area contributed by atoms with E-state index in [0.29, 0.717) is 18.8 Å². The first-order valence-electron chi connectivity index (χ1n) is 7.22. The SMILES string of the molecule is CCC1C[C@H](C(=O)Nc2ccc(C)c(I)c2)[C@H](C(=O)O)C1. The van der Waals surface area contributed by atoms with Gasteiger partial charge in [-0.25, -0.2) is 0 Å². The normalized spacial score (nSPS) is 24.8. The first-order valence-corrected chi connectivity index (χ1v) is 8.30. The van der Waals surface area contributed by atoms with Crippen molar-refractivity contribution in [1.82, 2.24) is 0 Å². The van der Waals surface area contributed by atoms with Gasteiger partial charge in [0.1, 0.15) is 0 Å². The van der Waals surface area contributed by atoms with Gasteiger partial charge in [-0.2, -0.15) is 0 Å². The van der Waals surface area contributed by atoms with Gasteiger partial charge < -0.3 is 10.4 Å². The number of carbonyl (C=O) groups is 2. The molecule has 0 aliphatic heterocycles. The van der Waals surface area contributed by atoms with E-state index in [1.54, 1.807) is 0 Å². The fraction of sp³-hybridized carbons (Fsp3) is 0.500. The van der Waals surface area contributed by atoms with Gasteiger partial charge in [-0.3, -0.25) is 9.59 Å². The molecule has 0 bridgehead atoms. The lowest BCUT2D eigenvalue weighted by Crippen LogP contribution is -2.30. The summed E-state index contributed by atoms with van der Waals surface area (Å²) in [6.07, 6.45) is 2.20. The van der Waals surface area contributed by atoms with Crippen molar-refractivity contribution in [3.05, 3.63) is 27.3 Å². The van der Waals surface area contributed by atoms with Crippen LogP contribution in [-0.2, 0) is 9.59 Å². The van der Waals surface area contributed by atoms with Crippen molar-refractivity contribution in [3.63, 3.8) is 0 Å². The lowest BCUT2D eigenvalue weighted by molar-refractivity contribution is -0.145. The molecule has 114 valence electrons. The first kappa shape index (κ1) is 16.3. The molecule has 0 heterocycles. The fourth-order valence-corrected chi connectivity index (χ4v) is 3.46. The van der Waals surface area contributed by atoms with E-state index in [2.05, 4.69) is 27.9 Å². The molecule has 0 radical (unpaired) electrons. The molecule has 0 aromatic heterocycles. The average molecular weight is 401 g/mol. The second-order valence-corrected chi connectivity index (χ2v) is 6.91. The van der Waals surface area contributed by atoms with Gasteiger partial charge >= 0.3 is 5.97 Å². The largest absolute Gasteiger partial charge is 0.481 e. The van der Waals surface area contributed by atoms with Gasteiger partial charge in [0.25, 0.3) is 0 Å². The summed E-state index contributed by atoms with van der Waals surface area (Å²) in [6.45, 7) is 4.06. The van der Waals surface area contributed by atoms with E-state index in [1.807, 2.05) is 32.0 Å². The zero-order valence-electron chi connectivity index (χ0n) is 12.2. The van der Waals surface area contributed by atoms with Gasteiger partial charge in [0.05, 0.1) is 11.8 Å². The maximum atomic E-state index is 12.4. The average Bonchev–Trinajstić information content (AvgIpc) is 2.87. The number of hydrogen-bond donors (Lipinski definition) is 2. The summed E-state index contributed by atoms with van der Waals surface area (Å²) in [4.78, 5) is 23.8. The Labute approximate surface area is 138 Å². The minimum atomic E-state index is -0.857. The molecule has 2 rings (SSSR count). The third-order valence-corrected chi connectivity index (χ3v) is 5.49. The number of carboxylic acid groups (broad SMARTS) is 1. The summed E-state index contributed by atoms with van der Waals surface area (Å²) in [5.74, 6) is -1.67. The molecule has 0 saturated heterocycles. The van der Waals surface area contributed by atoms with Gasteiger partial charge in [0, 0.05) is 9.26 Å². The fourth-order valence-electron chi connectivity index (χ4n) is 2.94. The minimum Gasteiger partial charge on any atom is -0.481 e. The number of carboxylic acids is 1. The van der Waals surface area contributed by atoms with Crippen LogP contribution >= 0.6 is 22.6 Å². The number of nitrogens with one attached hydrogen (secondary N) is 1. The van der Waals surface area contributed by atoms with Crippen LogP contribution in [0.5, 0.6) is 0 Å². The van der Waals surface area contributed by atoms with Crippen molar-refractivity contribution in [1.29, 1.82) is 0 Å². The highest BCUT2D eigenvalue weighted by Gasteiger charge is 2.42. The predicted octanol–water partition coefficient (Wildman–Crippen LogP) is 3.68. The van der Waals surface area contributed by atoms with Crippen LogP contribution in [0.1, 0.15) is 31.7 Å². The van der Waals surface area contributed by atoms with Crippen molar-refractivity contribution < 1.29 is 14.7 Å². The highest BCUT2D eigenvalue weighted by Crippen LogP contribution is 2.39. The molecular weight excluding hydrogens is 381 g/mol. The third kappa shape index (κ3) is 3.75. The summed E-state index contributed by atoms with van der Waals surface area (Å²) in [6, 6.07) is 5.73. The van der Waals surface area contributed by atoms with E-state index in [-0.39, 0.29) is 5.91 Å². The Morgan fingerprint density at radius 3 is 2.57 bits per heavy atom. The van der Waals surface area contributed by atoms with E-state index in [4.69, 9.17) is 0 Å². The van der Waals surface area contributed by atoms with Crippen LogP contribution in [0.15, 0.2) is 18.2 Å². The van der Waals surface area contributed by atoms with Crippen molar-refractivity contribution in [2.75, 3.05) is 5.32 Å². The summed E-state index contributed by atoms with van der Waals surface area (Å²) in [5.41, 5.74) is 1.89. The van der Waals surface area contributed by atoms with Crippen LogP contribution in [0.25, 0.3) is 0 Å². The molecule has 1 fully saturated rings. The van der Waals surface area contributed by atoms with Crippen molar-refractivity contribution in [2.24, 2.45) is 17.8 Å². The molecule has 21 heavy (non-hydrogen) atoms. The second kappa shape index (κ2) is 6.77. The number of benzene rings is 1. The number of halogens is 1. The number of amides is 1. The molecule has 1 aromatic carbocycles. The molecule has 1 amide bonds. The minimum absolute atomic E-state index is 0.169. The molecular formula is C16H20INO3. The van der Waals surface area contributed by atoms with E-state index >= 15 is 0 Å². The van der Waals surface area contributed by atoms with Gasteiger partial charge in [0.15, 0.2) is 0 Å². The number of anilines is 1. The van der Waals surface area contributed by atoms with Gasteiger partial charge in [-0.05, 0) is 66.0 Å². The number of hydrogen-bond acceptors (Lipinski definition) is 2. The highest BCUT2D eigenvalue weighted by atomic mass is 127. The molecule has 2 N–H and O–H groups in total. The van der Waals surface area contributed by atoms with E-state index < -0.39 is 17.8 Å². The van der Waals surface area contributed by atoms with Crippen LogP contribution in [0.3, 0.4) is 0 Å². The summed E-state index contributed by atoms with van der Waals surface area (Å²) < 4.78 is 1.08. The molecule has 3 atom stereocenters. The predicted molar refractivity (Wildman–Crippen MR) is 90.2 cm³/mol. The zero-order valence-corrected chi connectivity index (χ0v) is 14.4. The summed E-state index contributed by atoms with van der Waals surface area (Å²) in [5, 5.41) is 12.2. The number of aryl methyl sites for hydroxylation is 1. The van der Waals surface area contributed by atoms with Crippen molar-refractivity contribution >= 4 is 40.2 Å². The quantitative estimate of drug-likeness (QED) is 0.757. The van der Waals surface area contributed by atoms with Gasteiger partial charge in [0.2, 0.25) is 5.91 Å². The van der Waals surface area contributed by atoms with Crippen molar-refractivity contribution in [2.45, 2.75) is 33.1 Å². The van der Waals surface area contributed by atoms with E-state index in [0.717, 1.165) is 21.2 Å². The van der Waals surface area contributed by atoms with Gasteiger partial charge in [-0.1, -0.05) is 19.4 Å². The van der Waals surface area contributed by atoms with Crippen LogP contribution in [0.4, 0.5) is 5.69 Å². The Bertz CT molecular complexity index is 558. The lowest BCUT2D eigenvalue weighted by atomic mass is 9.95. The van der Waals surface area contributed by atoms with Crippen LogP contribution in [0, 0.1) is 28.2 Å². The molecule has 0 spiro atoms. The Hall–Kier alpha value is -1.11. The number of aliphatic carboxylic acids is 1. The third-order valence-electron chi connectivity index (χ3n) is 4.33. The Balaban J connectivity index is 2.11. The molecule has 1 unspecified atom stereocenters. The lowest BCUT2D eigenvalue weighted by Gasteiger charge is -2.16. The Morgan fingerprint density at radius 2 is 2.00 bits per heavy atom. The Kier molecular flexibility index (Phi) is 5.24. The molecule has 5 heteroatoms. The van der Waals surface area contributed by atoms with Crippen LogP contribution in [-0.4, -0.2) is 17.0 Å². The van der Waals surface area contributed by atoms with Crippen LogP contribution in [0.2, 0.25) is 0 Å². The number of carbonyl (C=O) groups excluding carboxylic acids is 1. The van der Waals surface area contributed by atoms with Gasteiger partial charge in [-0.15, -0.1) is 0 Å². The maximum absolute atomic E-state index is 12.4. The summed E-state index contributed by atoms with van der Waals surface area (Å²) >= 11 is 2.22. The first-order chi connectivity index (χ1) is 9.92. The summed E-state index contributed by atoms with van der Waals surface area (Å²) in [7, 11) is 0. The smallest absolute Gasteiger partial charge is 0.307 e. The number of rotatable bonds is 4. The molecule has 1 aliphatic rings. The van der Waals surface area contributed by atoms with E-state index in [1.165, 1.54) is 0 Å².